The van der Waals surface area contributed by atoms with Crippen LogP contribution < -0.4 is 16.2 Å². The van der Waals surface area contributed by atoms with Crippen molar-refractivity contribution < 1.29 is 4.79 Å². The van der Waals surface area contributed by atoms with Crippen LogP contribution in [0.25, 0.3) is 11.0 Å². The first kappa shape index (κ1) is 14.7. The molecular weight excluding hydrogens is 290 g/mol. The molecule has 1 saturated heterocycles. The minimum absolute atomic E-state index is 0.0330. The van der Waals surface area contributed by atoms with Crippen molar-refractivity contribution in [1.82, 2.24) is 26.1 Å². The van der Waals surface area contributed by atoms with Crippen molar-refractivity contribution in [2.75, 3.05) is 0 Å². The summed E-state index contributed by atoms with van der Waals surface area (Å²) in [6.45, 7) is 4.04. The van der Waals surface area contributed by atoms with E-state index in [-0.39, 0.29) is 30.0 Å². The molecule has 2 aliphatic rings. The molecule has 122 valence electrons. The summed E-state index contributed by atoms with van der Waals surface area (Å²) in [5, 5.41) is 3.13. The number of aromatic amines is 1. The topological polar surface area (TPSA) is 81.8 Å². The number of carbonyl (C=O) groups excluding carboxylic acids is 1. The van der Waals surface area contributed by atoms with Crippen LogP contribution in [0.1, 0.15) is 38.6 Å². The maximum atomic E-state index is 12.8. The Hall–Kier alpha value is -1.92. The molecule has 2 aromatic rings. The number of para-hydroxylation sites is 2. The molecule has 1 aliphatic heterocycles. The van der Waals surface area contributed by atoms with E-state index in [1.165, 1.54) is 12.8 Å². The van der Waals surface area contributed by atoms with Crippen LogP contribution in [0.5, 0.6) is 0 Å². The summed E-state index contributed by atoms with van der Waals surface area (Å²) >= 11 is 0. The smallest absolute Gasteiger partial charge is 0.226 e. The summed E-state index contributed by atoms with van der Waals surface area (Å²) in [5.41, 5.74) is 8.45. The SMILES string of the molecule is CC(NC(=O)C1C(C)NNC1C1CC1)c1nc2ccccc2[nH]1. The van der Waals surface area contributed by atoms with Crippen LogP contribution in [0, 0.1) is 11.8 Å². The summed E-state index contributed by atoms with van der Waals surface area (Å²) in [4.78, 5) is 20.6. The van der Waals surface area contributed by atoms with Gasteiger partial charge in [-0.3, -0.25) is 15.6 Å². The number of fused-ring (bicyclic) bond motifs is 1. The van der Waals surface area contributed by atoms with E-state index in [1.54, 1.807) is 0 Å². The second kappa shape index (κ2) is 5.62. The molecule has 6 nitrogen and oxygen atoms in total. The molecule has 1 saturated carbocycles. The van der Waals surface area contributed by atoms with Crippen molar-refractivity contribution in [3.05, 3.63) is 30.1 Å². The number of benzene rings is 1. The molecule has 23 heavy (non-hydrogen) atoms. The van der Waals surface area contributed by atoms with Gasteiger partial charge in [-0.2, -0.15) is 0 Å². The average molecular weight is 313 g/mol. The molecule has 4 unspecified atom stereocenters. The summed E-state index contributed by atoms with van der Waals surface area (Å²) in [6, 6.07) is 8.16. The molecule has 2 heterocycles. The number of rotatable bonds is 4. The van der Waals surface area contributed by atoms with E-state index in [2.05, 4.69) is 33.1 Å². The standard InChI is InChI=1S/C17H23N5O/c1-9-14(15(22-21-9)11-7-8-11)17(23)18-10(2)16-19-12-5-3-4-6-13(12)20-16/h3-6,9-11,14-15,21-22H,7-8H2,1-2H3,(H,18,23)(H,19,20). The van der Waals surface area contributed by atoms with Gasteiger partial charge in [0.15, 0.2) is 0 Å². The molecule has 0 radical (unpaired) electrons. The molecule has 4 atom stereocenters. The van der Waals surface area contributed by atoms with Gasteiger partial charge in [0.1, 0.15) is 5.82 Å². The number of nitrogens with one attached hydrogen (secondary N) is 4. The Morgan fingerprint density at radius 2 is 2.09 bits per heavy atom. The van der Waals surface area contributed by atoms with Gasteiger partial charge < -0.3 is 10.3 Å². The molecule has 0 spiro atoms. The number of nitrogens with zero attached hydrogens (tertiary/aromatic N) is 1. The van der Waals surface area contributed by atoms with Crippen LogP contribution in [0.4, 0.5) is 0 Å². The highest BCUT2D eigenvalue weighted by atomic mass is 16.2. The molecule has 1 aliphatic carbocycles. The van der Waals surface area contributed by atoms with E-state index in [0.29, 0.717) is 5.92 Å². The summed E-state index contributed by atoms with van der Waals surface area (Å²) in [6.07, 6.45) is 2.43. The first-order valence-electron chi connectivity index (χ1n) is 8.39. The minimum atomic E-state index is -0.137. The first-order chi connectivity index (χ1) is 11.1. The van der Waals surface area contributed by atoms with Crippen LogP contribution >= 0.6 is 0 Å². The maximum absolute atomic E-state index is 12.8. The number of H-pyrrole nitrogens is 1. The fourth-order valence-electron chi connectivity index (χ4n) is 3.53. The molecule has 2 fully saturated rings. The Morgan fingerprint density at radius 3 is 2.83 bits per heavy atom. The lowest BCUT2D eigenvalue weighted by Gasteiger charge is -2.22. The normalized spacial score (nSPS) is 28.9. The molecule has 0 bridgehead atoms. The quantitative estimate of drug-likeness (QED) is 0.691. The highest BCUT2D eigenvalue weighted by Crippen LogP contribution is 2.38. The molecule has 6 heteroatoms. The Balaban J connectivity index is 1.48. The highest BCUT2D eigenvalue weighted by molar-refractivity contribution is 5.81. The third-order valence-electron chi connectivity index (χ3n) is 5.01. The van der Waals surface area contributed by atoms with Crippen LogP contribution in [-0.2, 0) is 4.79 Å². The molecule has 4 rings (SSSR count). The van der Waals surface area contributed by atoms with E-state index in [4.69, 9.17) is 0 Å². The zero-order valence-electron chi connectivity index (χ0n) is 13.5. The first-order valence-corrected chi connectivity index (χ1v) is 8.39. The van der Waals surface area contributed by atoms with Gasteiger partial charge in [-0.1, -0.05) is 12.1 Å². The Morgan fingerprint density at radius 1 is 1.30 bits per heavy atom. The number of carbonyl (C=O) groups is 1. The largest absolute Gasteiger partial charge is 0.346 e. The summed E-state index contributed by atoms with van der Waals surface area (Å²) in [5.74, 6) is 1.49. The van der Waals surface area contributed by atoms with Crippen LogP contribution in [0.2, 0.25) is 0 Å². The van der Waals surface area contributed by atoms with Gasteiger partial charge in [0.05, 0.1) is 23.0 Å². The maximum Gasteiger partial charge on any atom is 0.226 e. The van der Waals surface area contributed by atoms with Crippen LogP contribution in [0.15, 0.2) is 24.3 Å². The van der Waals surface area contributed by atoms with Crippen molar-refractivity contribution in [2.45, 2.75) is 44.8 Å². The number of hydrogen-bond acceptors (Lipinski definition) is 4. The van der Waals surface area contributed by atoms with Crippen LogP contribution in [0.3, 0.4) is 0 Å². The van der Waals surface area contributed by atoms with Crippen molar-refractivity contribution in [3.63, 3.8) is 0 Å². The van der Waals surface area contributed by atoms with Crippen molar-refractivity contribution in [1.29, 1.82) is 0 Å². The minimum Gasteiger partial charge on any atom is -0.346 e. The second-order valence-corrected chi connectivity index (χ2v) is 6.84. The summed E-state index contributed by atoms with van der Waals surface area (Å²) in [7, 11) is 0. The predicted octanol–water partition coefficient (Wildman–Crippen LogP) is 1.63. The molecular formula is C17H23N5O. The zero-order valence-corrected chi connectivity index (χ0v) is 13.5. The molecule has 1 aromatic carbocycles. The Kier molecular flexibility index (Phi) is 3.58. The van der Waals surface area contributed by atoms with E-state index in [0.717, 1.165) is 16.9 Å². The Labute approximate surface area is 135 Å². The fraction of sp³-hybridized carbons (Fsp3) is 0.529. The van der Waals surface area contributed by atoms with Gasteiger partial charge in [-0.25, -0.2) is 4.98 Å². The second-order valence-electron chi connectivity index (χ2n) is 6.84. The lowest BCUT2D eigenvalue weighted by molar-refractivity contribution is -0.126. The third kappa shape index (κ3) is 2.72. The Bertz CT molecular complexity index is 690. The summed E-state index contributed by atoms with van der Waals surface area (Å²) < 4.78 is 0. The molecule has 1 amide bonds. The fourth-order valence-corrected chi connectivity index (χ4v) is 3.53. The van der Waals surface area contributed by atoms with Gasteiger partial charge in [-0.05, 0) is 44.7 Å². The van der Waals surface area contributed by atoms with E-state index >= 15 is 0 Å². The van der Waals surface area contributed by atoms with Gasteiger partial charge in [0.2, 0.25) is 5.91 Å². The number of amides is 1. The van der Waals surface area contributed by atoms with Crippen molar-refractivity contribution >= 4 is 16.9 Å². The zero-order chi connectivity index (χ0) is 16.0. The van der Waals surface area contributed by atoms with Gasteiger partial charge in [0, 0.05) is 12.1 Å². The van der Waals surface area contributed by atoms with E-state index < -0.39 is 0 Å². The molecule has 1 aromatic heterocycles. The number of hydrazine groups is 1. The lowest BCUT2D eigenvalue weighted by Crippen LogP contribution is -2.43. The van der Waals surface area contributed by atoms with E-state index in [9.17, 15) is 4.79 Å². The number of hydrogen-bond donors (Lipinski definition) is 4. The lowest BCUT2D eigenvalue weighted by atomic mass is 9.91. The van der Waals surface area contributed by atoms with Gasteiger partial charge in [-0.15, -0.1) is 0 Å². The van der Waals surface area contributed by atoms with Gasteiger partial charge in [0.25, 0.3) is 0 Å². The van der Waals surface area contributed by atoms with Crippen LogP contribution in [-0.4, -0.2) is 28.0 Å². The predicted molar refractivity (Wildman–Crippen MR) is 88.4 cm³/mol. The van der Waals surface area contributed by atoms with E-state index in [1.807, 2.05) is 31.2 Å². The van der Waals surface area contributed by atoms with Crippen molar-refractivity contribution in [3.8, 4) is 0 Å². The number of imidazole rings is 1. The average Bonchev–Trinajstić information content (AvgIpc) is 3.16. The number of aromatic nitrogens is 2. The third-order valence-corrected chi connectivity index (χ3v) is 5.01. The van der Waals surface area contributed by atoms with Gasteiger partial charge >= 0.3 is 0 Å². The molecule has 4 N–H and O–H groups in total. The van der Waals surface area contributed by atoms with Crippen molar-refractivity contribution in [2.24, 2.45) is 11.8 Å². The highest BCUT2D eigenvalue weighted by Gasteiger charge is 2.46. The monoisotopic (exact) mass is 313 g/mol.